The SMILES string of the molecule is OCCOC1(O)CCc2cc(OCc3ccccc3)c(Br)c(F)c2C1. The summed E-state index contributed by atoms with van der Waals surface area (Å²) in [7, 11) is 0. The summed E-state index contributed by atoms with van der Waals surface area (Å²) in [5.41, 5.74) is 2.23. The van der Waals surface area contributed by atoms with Gasteiger partial charge in [-0.15, -0.1) is 0 Å². The molecular weight excluding hydrogens is 391 g/mol. The van der Waals surface area contributed by atoms with Gasteiger partial charge in [-0.05, 0) is 45.1 Å². The highest BCUT2D eigenvalue weighted by atomic mass is 79.9. The second-order valence-electron chi connectivity index (χ2n) is 6.11. The summed E-state index contributed by atoms with van der Waals surface area (Å²) in [6.45, 7) is 0.182. The van der Waals surface area contributed by atoms with Gasteiger partial charge < -0.3 is 19.7 Å². The van der Waals surface area contributed by atoms with Crippen molar-refractivity contribution in [3.63, 3.8) is 0 Å². The van der Waals surface area contributed by atoms with Gasteiger partial charge in [-0.1, -0.05) is 30.3 Å². The smallest absolute Gasteiger partial charge is 0.170 e. The van der Waals surface area contributed by atoms with Crippen LogP contribution >= 0.6 is 15.9 Å². The van der Waals surface area contributed by atoms with Gasteiger partial charge in [-0.2, -0.15) is 0 Å². The Labute approximate surface area is 154 Å². The van der Waals surface area contributed by atoms with E-state index in [1.54, 1.807) is 0 Å². The molecular formula is C19H20BrFO4. The molecule has 2 aromatic rings. The molecule has 0 saturated carbocycles. The van der Waals surface area contributed by atoms with Gasteiger partial charge in [0.25, 0.3) is 0 Å². The van der Waals surface area contributed by atoms with Crippen LogP contribution < -0.4 is 4.74 Å². The summed E-state index contributed by atoms with van der Waals surface area (Å²) in [4.78, 5) is 0. The van der Waals surface area contributed by atoms with Crippen LogP contribution in [0.2, 0.25) is 0 Å². The molecule has 1 aliphatic rings. The zero-order valence-electron chi connectivity index (χ0n) is 13.7. The molecule has 1 aliphatic carbocycles. The molecule has 1 atom stereocenters. The minimum absolute atomic E-state index is 0.0207. The molecule has 0 radical (unpaired) electrons. The first-order valence-electron chi connectivity index (χ1n) is 8.16. The van der Waals surface area contributed by atoms with Crippen molar-refractivity contribution in [3.8, 4) is 5.75 Å². The lowest BCUT2D eigenvalue weighted by atomic mass is 9.86. The van der Waals surface area contributed by atoms with E-state index < -0.39 is 11.6 Å². The Balaban J connectivity index is 1.80. The maximum absolute atomic E-state index is 14.8. The molecule has 4 nitrogen and oxygen atoms in total. The van der Waals surface area contributed by atoms with Gasteiger partial charge >= 0.3 is 0 Å². The number of aliphatic hydroxyl groups excluding tert-OH is 1. The van der Waals surface area contributed by atoms with Crippen molar-refractivity contribution in [2.24, 2.45) is 0 Å². The van der Waals surface area contributed by atoms with E-state index in [1.807, 2.05) is 36.4 Å². The summed E-state index contributed by atoms with van der Waals surface area (Å²) in [5, 5.41) is 19.3. The van der Waals surface area contributed by atoms with Gasteiger partial charge in [-0.3, -0.25) is 0 Å². The molecule has 0 heterocycles. The molecule has 0 saturated heterocycles. The van der Waals surface area contributed by atoms with Crippen LogP contribution in [0.15, 0.2) is 40.9 Å². The van der Waals surface area contributed by atoms with Crippen molar-refractivity contribution < 1.29 is 24.1 Å². The van der Waals surface area contributed by atoms with Gasteiger partial charge in [0.05, 0.1) is 17.7 Å². The normalized spacial score (nSPS) is 19.5. The number of rotatable bonds is 6. The molecule has 0 aromatic heterocycles. The van der Waals surface area contributed by atoms with Gasteiger partial charge in [0.1, 0.15) is 18.2 Å². The van der Waals surface area contributed by atoms with Crippen molar-refractivity contribution in [2.75, 3.05) is 13.2 Å². The number of hydrogen-bond acceptors (Lipinski definition) is 4. The summed E-state index contributed by atoms with van der Waals surface area (Å²) in [6, 6.07) is 11.5. The standard InChI is InChI=1S/C19H20BrFO4/c20-17-16(24-12-13-4-2-1-3-5-13)10-14-6-7-19(23,25-9-8-22)11-15(14)18(17)21/h1-5,10,22-23H,6-9,11-12H2. The third-order valence-corrected chi connectivity index (χ3v) is 5.04. The Morgan fingerprint density at radius 3 is 2.72 bits per heavy atom. The highest BCUT2D eigenvalue weighted by molar-refractivity contribution is 9.10. The third kappa shape index (κ3) is 4.20. The molecule has 2 aromatic carbocycles. The zero-order chi connectivity index (χ0) is 17.9. The fourth-order valence-electron chi connectivity index (χ4n) is 3.00. The van der Waals surface area contributed by atoms with E-state index in [2.05, 4.69) is 15.9 Å². The quantitative estimate of drug-likeness (QED) is 0.716. The molecule has 0 aliphatic heterocycles. The van der Waals surface area contributed by atoms with Gasteiger partial charge in [0.15, 0.2) is 5.79 Å². The van der Waals surface area contributed by atoms with E-state index in [9.17, 15) is 9.50 Å². The molecule has 134 valence electrons. The topological polar surface area (TPSA) is 58.9 Å². The lowest BCUT2D eigenvalue weighted by Crippen LogP contribution is -2.40. The van der Waals surface area contributed by atoms with Crippen LogP contribution in [0.25, 0.3) is 0 Å². The number of aryl methyl sites for hydroxylation is 1. The van der Waals surface area contributed by atoms with Gasteiger partial charge in [-0.25, -0.2) is 4.39 Å². The van der Waals surface area contributed by atoms with Crippen LogP contribution in [0.4, 0.5) is 4.39 Å². The van der Waals surface area contributed by atoms with E-state index in [0.717, 1.165) is 11.1 Å². The average molecular weight is 411 g/mol. The summed E-state index contributed by atoms with van der Waals surface area (Å²) < 4.78 is 26.1. The predicted octanol–water partition coefficient (Wildman–Crippen LogP) is 3.35. The number of ether oxygens (including phenoxy) is 2. The number of fused-ring (bicyclic) bond motifs is 1. The maximum atomic E-state index is 14.8. The van der Waals surface area contributed by atoms with Crippen LogP contribution in [0, 0.1) is 5.82 Å². The van der Waals surface area contributed by atoms with E-state index in [0.29, 0.717) is 30.8 Å². The summed E-state index contributed by atoms with van der Waals surface area (Å²) in [6.07, 6.45) is 0.869. The Morgan fingerprint density at radius 2 is 2.00 bits per heavy atom. The molecule has 2 N–H and O–H groups in total. The number of aliphatic hydroxyl groups is 2. The highest BCUT2D eigenvalue weighted by Crippen LogP contribution is 2.39. The molecule has 0 spiro atoms. The second kappa shape index (κ2) is 7.83. The Morgan fingerprint density at radius 1 is 1.24 bits per heavy atom. The summed E-state index contributed by atoms with van der Waals surface area (Å²) in [5.74, 6) is -1.43. The zero-order valence-corrected chi connectivity index (χ0v) is 15.3. The molecule has 0 amide bonds. The Hall–Kier alpha value is -1.47. The van der Waals surface area contributed by atoms with Crippen LogP contribution in [0.3, 0.4) is 0 Å². The monoisotopic (exact) mass is 410 g/mol. The lowest BCUT2D eigenvalue weighted by Gasteiger charge is -2.34. The molecule has 1 unspecified atom stereocenters. The van der Waals surface area contributed by atoms with Crippen molar-refractivity contribution in [1.29, 1.82) is 0 Å². The first-order chi connectivity index (χ1) is 12.0. The van der Waals surface area contributed by atoms with Crippen LogP contribution in [-0.2, 0) is 24.2 Å². The van der Waals surface area contributed by atoms with E-state index >= 15 is 0 Å². The van der Waals surface area contributed by atoms with Crippen LogP contribution in [0.1, 0.15) is 23.1 Å². The van der Waals surface area contributed by atoms with Gasteiger partial charge in [0, 0.05) is 12.8 Å². The Kier molecular flexibility index (Phi) is 5.74. The third-order valence-electron chi connectivity index (χ3n) is 4.30. The fourth-order valence-corrected chi connectivity index (χ4v) is 3.47. The molecule has 25 heavy (non-hydrogen) atoms. The second-order valence-corrected chi connectivity index (χ2v) is 6.90. The summed E-state index contributed by atoms with van der Waals surface area (Å²) >= 11 is 3.26. The molecule has 0 bridgehead atoms. The predicted molar refractivity (Wildman–Crippen MR) is 94.9 cm³/mol. The molecule has 0 fully saturated rings. The largest absolute Gasteiger partial charge is 0.488 e. The highest BCUT2D eigenvalue weighted by Gasteiger charge is 2.35. The van der Waals surface area contributed by atoms with E-state index in [1.165, 1.54) is 0 Å². The number of halogens is 2. The fraction of sp³-hybridized carbons (Fsp3) is 0.368. The van der Waals surface area contributed by atoms with Crippen molar-refractivity contribution in [2.45, 2.75) is 31.7 Å². The Bertz CT molecular complexity index is 738. The number of benzene rings is 2. The lowest BCUT2D eigenvalue weighted by molar-refractivity contribution is -0.213. The van der Waals surface area contributed by atoms with Crippen molar-refractivity contribution in [1.82, 2.24) is 0 Å². The van der Waals surface area contributed by atoms with Gasteiger partial charge in [0.2, 0.25) is 0 Å². The minimum atomic E-state index is -1.44. The molecule has 6 heteroatoms. The first kappa shape index (κ1) is 18.3. The minimum Gasteiger partial charge on any atom is -0.488 e. The van der Waals surface area contributed by atoms with Crippen LogP contribution in [-0.4, -0.2) is 29.2 Å². The first-order valence-corrected chi connectivity index (χ1v) is 8.95. The average Bonchev–Trinajstić information content (AvgIpc) is 2.63. The number of hydrogen-bond donors (Lipinski definition) is 2. The van der Waals surface area contributed by atoms with E-state index in [4.69, 9.17) is 14.6 Å². The van der Waals surface area contributed by atoms with Crippen molar-refractivity contribution >= 4 is 15.9 Å². The van der Waals surface area contributed by atoms with Crippen LogP contribution in [0.5, 0.6) is 5.75 Å². The molecule has 3 rings (SSSR count). The maximum Gasteiger partial charge on any atom is 0.170 e. The van der Waals surface area contributed by atoms with Crippen molar-refractivity contribution in [3.05, 3.63) is 63.4 Å². The van der Waals surface area contributed by atoms with E-state index in [-0.39, 0.29) is 24.1 Å².